The highest BCUT2D eigenvalue weighted by molar-refractivity contribution is 7.92. The van der Waals surface area contributed by atoms with E-state index in [0.29, 0.717) is 11.4 Å². The lowest BCUT2D eigenvalue weighted by molar-refractivity contribution is 0.417. The van der Waals surface area contributed by atoms with Crippen LogP contribution in [0.15, 0.2) is 45.9 Å². The van der Waals surface area contributed by atoms with Gasteiger partial charge in [0.15, 0.2) is 0 Å². The molecule has 3 N–H and O–H groups in total. The van der Waals surface area contributed by atoms with E-state index >= 15 is 0 Å². The van der Waals surface area contributed by atoms with E-state index in [0.717, 1.165) is 5.69 Å². The van der Waals surface area contributed by atoms with Crippen LogP contribution in [-0.4, -0.2) is 22.5 Å². The fourth-order valence-corrected chi connectivity index (χ4v) is 2.67. The van der Waals surface area contributed by atoms with Crippen molar-refractivity contribution in [1.82, 2.24) is 0 Å². The van der Waals surface area contributed by atoms with Crippen LogP contribution in [0.4, 0.5) is 11.4 Å². The summed E-state index contributed by atoms with van der Waals surface area (Å²) in [6, 6.07) is 10.0. The number of hydrogen-bond acceptors (Lipinski definition) is 5. The van der Waals surface area contributed by atoms with E-state index in [4.69, 9.17) is 10.2 Å². The van der Waals surface area contributed by atoms with E-state index in [2.05, 4.69) is 4.72 Å². The largest absolute Gasteiger partial charge is 0.446 e. The molecule has 2 rings (SSSR count). The van der Waals surface area contributed by atoms with E-state index in [1.165, 1.54) is 6.07 Å². The van der Waals surface area contributed by atoms with Crippen molar-refractivity contribution in [2.45, 2.75) is 11.6 Å². The van der Waals surface area contributed by atoms with Crippen molar-refractivity contribution in [3.8, 4) is 0 Å². The lowest BCUT2D eigenvalue weighted by Gasteiger charge is -2.14. The average Bonchev–Trinajstić information content (AvgIpc) is 2.88. The third-order valence-electron chi connectivity index (χ3n) is 2.72. The summed E-state index contributed by atoms with van der Waals surface area (Å²) >= 11 is 0. The molecule has 0 aliphatic carbocycles. The Morgan fingerprint density at radius 2 is 2.00 bits per heavy atom. The molecule has 7 heteroatoms. The molecular weight excluding hydrogens is 278 g/mol. The van der Waals surface area contributed by atoms with Gasteiger partial charge in [-0.05, 0) is 30.3 Å². The van der Waals surface area contributed by atoms with Crippen molar-refractivity contribution >= 4 is 21.4 Å². The first kappa shape index (κ1) is 14.4. The summed E-state index contributed by atoms with van der Waals surface area (Å²) in [5.74, 6) is 0.424. The number of nitrogens with zero attached hydrogens (tertiary/aromatic N) is 1. The molecule has 0 spiro atoms. The standard InChI is InChI=1S/C13H17N3O3S/c1-16(2)11-5-3-4-10(8-11)15-20(17,18)13-7-6-12(9-14)19-13/h3-8,15H,9,14H2,1-2H3. The first-order chi connectivity index (χ1) is 9.42. The molecule has 1 aromatic carbocycles. The average molecular weight is 295 g/mol. The van der Waals surface area contributed by atoms with Gasteiger partial charge in [0, 0.05) is 19.8 Å². The fourth-order valence-electron chi connectivity index (χ4n) is 1.67. The molecular formula is C13H17N3O3S. The van der Waals surface area contributed by atoms with Gasteiger partial charge in [-0.2, -0.15) is 8.42 Å². The van der Waals surface area contributed by atoms with Gasteiger partial charge in [-0.25, -0.2) is 0 Å². The number of sulfonamides is 1. The topological polar surface area (TPSA) is 88.6 Å². The molecule has 0 saturated heterocycles. The van der Waals surface area contributed by atoms with Crippen LogP contribution in [0.5, 0.6) is 0 Å². The molecule has 1 heterocycles. The summed E-state index contributed by atoms with van der Waals surface area (Å²) in [5.41, 5.74) is 6.77. The van der Waals surface area contributed by atoms with Gasteiger partial charge < -0.3 is 15.1 Å². The first-order valence-corrected chi connectivity index (χ1v) is 7.49. The lowest BCUT2D eigenvalue weighted by atomic mass is 10.3. The minimum absolute atomic E-state index is 0.145. The van der Waals surface area contributed by atoms with Crippen LogP contribution in [0.3, 0.4) is 0 Å². The van der Waals surface area contributed by atoms with Crippen molar-refractivity contribution in [2.24, 2.45) is 5.73 Å². The lowest BCUT2D eigenvalue weighted by Crippen LogP contribution is -2.13. The molecule has 20 heavy (non-hydrogen) atoms. The Morgan fingerprint density at radius 3 is 2.60 bits per heavy atom. The maximum absolute atomic E-state index is 12.2. The Hall–Kier alpha value is -1.99. The van der Waals surface area contributed by atoms with Crippen LogP contribution in [0.2, 0.25) is 0 Å². The van der Waals surface area contributed by atoms with Crippen molar-refractivity contribution in [3.63, 3.8) is 0 Å². The third-order valence-corrected chi connectivity index (χ3v) is 3.97. The first-order valence-electron chi connectivity index (χ1n) is 6.01. The quantitative estimate of drug-likeness (QED) is 0.874. The van der Waals surface area contributed by atoms with E-state index in [1.54, 1.807) is 24.3 Å². The molecule has 6 nitrogen and oxygen atoms in total. The highest BCUT2D eigenvalue weighted by Crippen LogP contribution is 2.21. The monoisotopic (exact) mass is 295 g/mol. The van der Waals surface area contributed by atoms with Crippen LogP contribution in [-0.2, 0) is 16.6 Å². The zero-order valence-corrected chi connectivity index (χ0v) is 12.1. The van der Waals surface area contributed by atoms with Gasteiger partial charge in [0.05, 0.1) is 12.2 Å². The zero-order valence-electron chi connectivity index (χ0n) is 11.3. The molecule has 0 atom stereocenters. The van der Waals surface area contributed by atoms with E-state index in [-0.39, 0.29) is 11.6 Å². The third kappa shape index (κ3) is 3.12. The van der Waals surface area contributed by atoms with E-state index < -0.39 is 10.0 Å². The second-order valence-electron chi connectivity index (χ2n) is 4.48. The number of hydrogen-bond donors (Lipinski definition) is 2. The number of nitrogens with one attached hydrogen (secondary N) is 1. The number of anilines is 2. The second-order valence-corrected chi connectivity index (χ2v) is 6.09. The Balaban J connectivity index is 2.26. The SMILES string of the molecule is CN(C)c1cccc(NS(=O)(=O)c2ccc(CN)o2)c1. The summed E-state index contributed by atoms with van der Waals surface area (Å²) < 4.78 is 31.9. The molecule has 2 aromatic rings. The molecule has 0 unspecified atom stereocenters. The Morgan fingerprint density at radius 1 is 1.25 bits per heavy atom. The number of rotatable bonds is 5. The number of benzene rings is 1. The van der Waals surface area contributed by atoms with Gasteiger partial charge in [-0.1, -0.05) is 6.07 Å². The van der Waals surface area contributed by atoms with Crippen LogP contribution in [0.25, 0.3) is 0 Å². The van der Waals surface area contributed by atoms with Gasteiger partial charge in [0.25, 0.3) is 10.0 Å². The molecule has 0 aliphatic heterocycles. The maximum Gasteiger partial charge on any atom is 0.295 e. The van der Waals surface area contributed by atoms with Gasteiger partial charge in [0.1, 0.15) is 5.76 Å². The highest BCUT2D eigenvalue weighted by Gasteiger charge is 2.18. The molecule has 0 amide bonds. The number of nitrogens with two attached hydrogens (primary N) is 1. The molecule has 108 valence electrons. The predicted octanol–water partition coefficient (Wildman–Crippen LogP) is 1.61. The highest BCUT2D eigenvalue weighted by atomic mass is 32.2. The van der Waals surface area contributed by atoms with Crippen molar-refractivity contribution in [3.05, 3.63) is 42.2 Å². The van der Waals surface area contributed by atoms with Gasteiger partial charge in [0.2, 0.25) is 5.09 Å². The Kier molecular flexibility index (Phi) is 4.01. The van der Waals surface area contributed by atoms with Crippen molar-refractivity contribution < 1.29 is 12.8 Å². The fraction of sp³-hybridized carbons (Fsp3) is 0.231. The maximum atomic E-state index is 12.2. The van der Waals surface area contributed by atoms with Crippen LogP contribution in [0.1, 0.15) is 5.76 Å². The normalized spacial score (nSPS) is 11.3. The van der Waals surface area contributed by atoms with E-state index in [9.17, 15) is 8.42 Å². The summed E-state index contributed by atoms with van der Waals surface area (Å²) in [7, 11) is 0.0294. The zero-order chi connectivity index (χ0) is 14.8. The molecule has 1 aromatic heterocycles. The molecule has 0 bridgehead atoms. The minimum Gasteiger partial charge on any atom is -0.446 e. The summed E-state index contributed by atoms with van der Waals surface area (Å²) in [6.45, 7) is 0.158. The molecule has 0 saturated carbocycles. The summed E-state index contributed by atoms with van der Waals surface area (Å²) in [6.07, 6.45) is 0. The molecule has 0 aliphatic rings. The summed E-state index contributed by atoms with van der Waals surface area (Å²) in [5, 5.41) is -0.145. The van der Waals surface area contributed by atoms with Gasteiger partial charge in [-0.15, -0.1) is 0 Å². The molecule has 0 radical (unpaired) electrons. The molecule has 0 fully saturated rings. The summed E-state index contributed by atoms with van der Waals surface area (Å²) in [4.78, 5) is 1.89. The van der Waals surface area contributed by atoms with Crippen LogP contribution in [0, 0.1) is 0 Å². The van der Waals surface area contributed by atoms with Crippen molar-refractivity contribution in [1.29, 1.82) is 0 Å². The Labute approximate surface area is 118 Å². The second kappa shape index (κ2) is 5.56. The predicted molar refractivity (Wildman–Crippen MR) is 78.2 cm³/mol. The van der Waals surface area contributed by atoms with Crippen LogP contribution < -0.4 is 15.4 Å². The van der Waals surface area contributed by atoms with Crippen LogP contribution >= 0.6 is 0 Å². The minimum atomic E-state index is -3.74. The van der Waals surface area contributed by atoms with Gasteiger partial charge >= 0.3 is 0 Å². The van der Waals surface area contributed by atoms with Crippen molar-refractivity contribution in [2.75, 3.05) is 23.7 Å². The smallest absolute Gasteiger partial charge is 0.295 e. The van der Waals surface area contributed by atoms with Gasteiger partial charge in [-0.3, -0.25) is 4.72 Å². The van der Waals surface area contributed by atoms with E-state index in [1.807, 2.05) is 25.1 Å². The Bertz CT molecular complexity index is 692. The number of furan rings is 1.